The average Bonchev–Trinajstić information content (AvgIpc) is 2.25. The lowest BCUT2D eigenvalue weighted by Crippen LogP contribution is -2.33. The number of hydrogen-bond donors (Lipinski definition) is 1. The highest BCUT2D eigenvalue weighted by atomic mass is 16.4. The molecule has 0 unspecified atom stereocenters. The van der Waals surface area contributed by atoms with Gasteiger partial charge in [0.1, 0.15) is 0 Å². The van der Waals surface area contributed by atoms with E-state index in [2.05, 4.69) is 11.8 Å². The van der Waals surface area contributed by atoms with Gasteiger partial charge in [-0.3, -0.25) is 4.79 Å². The van der Waals surface area contributed by atoms with Crippen LogP contribution in [0.1, 0.15) is 59.3 Å². The van der Waals surface area contributed by atoms with Gasteiger partial charge in [-0.05, 0) is 58.5 Å². The number of carbonyl (C=O) groups is 1. The van der Waals surface area contributed by atoms with Gasteiger partial charge >= 0.3 is 5.97 Å². The van der Waals surface area contributed by atoms with Gasteiger partial charge in [0.15, 0.2) is 0 Å². The van der Waals surface area contributed by atoms with Crippen LogP contribution in [-0.4, -0.2) is 35.6 Å². The molecule has 0 atom stereocenters. The van der Waals surface area contributed by atoms with Gasteiger partial charge in [0.25, 0.3) is 0 Å². The third-order valence-corrected chi connectivity index (χ3v) is 4.29. The van der Waals surface area contributed by atoms with Gasteiger partial charge in [0.05, 0.1) is 5.41 Å². The molecule has 0 aromatic rings. The number of carboxylic acids is 1. The van der Waals surface area contributed by atoms with Crippen LogP contribution >= 0.6 is 0 Å². The largest absolute Gasteiger partial charge is 0.481 e. The molecule has 0 aliphatic heterocycles. The summed E-state index contributed by atoms with van der Waals surface area (Å²) in [4.78, 5) is 13.5. The van der Waals surface area contributed by atoms with Crippen molar-refractivity contribution < 1.29 is 9.90 Å². The van der Waals surface area contributed by atoms with Gasteiger partial charge in [0.2, 0.25) is 0 Å². The molecule has 0 bridgehead atoms. The third kappa shape index (κ3) is 4.97. The summed E-state index contributed by atoms with van der Waals surface area (Å²) in [6, 6.07) is 0. The number of hydrogen-bond acceptors (Lipinski definition) is 2. The number of carboxylic acid groups (broad SMARTS) is 1. The number of unbranched alkanes of at least 4 members (excludes halogenated alkanes) is 1. The molecule has 1 saturated carbocycles. The summed E-state index contributed by atoms with van der Waals surface area (Å²) in [6.07, 6.45) is 7.14. The molecule has 0 aromatic heterocycles. The van der Waals surface area contributed by atoms with Crippen molar-refractivity contribution in [2.24, 2.45) is 11.3 Å². The first-order valence-electron chi connectivity index (χ1n) is 7.41. The first kappa shape index (κ1) is 15.5. The Bertz CT molecular complexity index is 259. The maximum absolute atomic E-state index is 11.0. The van der Waals surface area contributed by atoms with Crippen LogP contribution in [0.15, 0.2) is 0 Å². The Morgan fingerprint density at radius 1 is 1.33 bits per heavy atom. The molecular formula is C15H29NO2. The van der Waals surface area contributed by atoms with Crippen molar-refractivity contribution in [1.29, 1.82) is 0 Å². The van der Waals surface area contributed by atoms with Crippen LogP contribution in [0.3, 0.4) is 0 Å². The van der Waals surface area contributed by atoms with Crippen LogP contribution in [0.25, 0.3) is 0 Å². The molecule has 1 rings (SSSR count). The van der Waals surface area contributed by atoms with E-state index in [1.54, 1.807) is 0 Å². The summed E-state index contributed by atoms with van der Waals surface area (Å²) in [7, 11) is 0. The lowest BCUT2D eigenvalue weighted by molar-refractivity contribution is -0.147. The van der Waals surface area contributed by atoms with Gasteiger partial charge < -0.3 is 10.0 Å². The first-order chi connectivity index (χ1) is 8.45. The fraction of sp³-hybridized carbons (Fsp3) is 0.933. The van der Waals surface area contributed by atoms with Crippen LogP contribution in [0.5, 0.6) is 0 Å². The van der Waals surface area contributed by atoms with Crippen molar-refractivity contribution in [3.8, 4) is 0 Å². The molecule has 1 aliphatic rings. The van der Waals surface area contributed by atoms with Gasteiger partial charge in [-0.1, -0.05) is 19.8 Å². The third-order valence-electron chi connectivity index (χ3n) is 4.29. The van der Waals surface area contributed by atoms with E-state index >= 15 is 0 Å². The van der Waals surface area contributed by atoms with Crippen molar-refractivity contribution in [2.45, 2.75) is 59.3 Å². The standard InChI is InChI=1S/C15H29NO2/c1-4-16(12-13-8-7-9-13)11-6-5-10-15(2,3)14(17)18/h13H,4-12H2,1-3H3,(H,17,18). The second-order valence-corrected chi connectivity index (χ2v) is 6.34. The number of nitrogens with zero attached hydrogens (tertiary/aromatic N) is 1. The SMILES string of the molecule is CCN(CCCCC(C)(C)C(=O)O)CC1CCC1. The van der Waals surface area contributed by atoms with E-state index in [4.69, 9.17) is 5.11 Å². The average molecular weight is 255 g/mol. The lowest BCUT2D eigenvalue weighted by atomic mass is 9.85. The van der Waals surface area contributed by atoms with E-state index in [1.165, 1.54) is 25.8 Å². The van der Waals surface area contributed by atoms with Gasteiger partial charge in [-0.25, -0.2) is 0 Å². The molecule has 3 heteroatoms. The Labute approximate surface area is 112 Å². The highest BCUT2D eigenvalue weighted by Gasteiger charge is 2.26. The number of aliphatic carboxylic acids is 1. The van der Waals surface area contributed by atoms with Crippen LogP contribution in [0.4, 0.5) is 0 Å². The van der Waals surface area contributed by atoms with Gasteiger partial charge in [-0.15, -0.1) is 0 Å². The molecule has 3 nitrogen and oxygen atoms in total. The monoisotopic (exact) mass is 255 g/mol. The number of rotatable bonds is 9. The molecule has 0 spiro atoms. The van der Waals surface area contributed by atoms with Crippen LogP contribution in [0, 0.1) is 11.3 Å². The summed E-state index contributed by atoms with van der Waals surface area (Å²) in [6.45, 7) is 9.36. The Hall–Kier alpha value is -0.570. The molecule has 1 fully saturated rings. The molecule has 0 amide bonds. The highest BCUT2D eigenvalue weighted by Crippen LogP contribution is 2.27. The fourth-order valence-corrected chi connectivity index (χ4v) is 2.43. The zero-order valence-corrected chi connectivity index (χ0v) is 12.2. The second kappa shape index (κ2) is 7.13. The molecule has 1 aliphatic carbocycles. The molecular weight excluding hydrogens is 226 g/mol. The van der Waals surface area contributed by atoms with E-state index < -0.39 is 11.4 Å². The molecule has 0 saturated heterocycles. The zero-order chi connectivity index (χ0) is 13.6. The Morgan fingerprint density at radius 3 is 2.44 bits per heavy atom. The Kier molecular flexibility index (Phi) is 6.13. The van der Waals surface area contributed by atoms with E-state index in [1.807, 2.05) is 13.8 Å². The maximum Gasteiger partial charge on any atom is 0.309 e. The van der Waals surface area contributed by atoms with Gasteiger partial charge in [-0.2, -0.15) is 0 Å². The minimum atomic E-state index is -0.677. The van der Waals surface area contributed by atoms with Crippen LogP contribution < -0.4 is 0 Å². The predicted molar refractivity (Wildman–Crippen MR) is 74.7 cm³/mol. The Morgan fingerprint density at radius 2 is 2.00 bits per heavy atom. The van der Waals surface area contributed by atoms with Crippen molar-refractivity contribution in [3.05, 3.63) is 0 Å². The summed E-state index contributed by atoms with van der Waals surface area (Å²) in [5.74, 6) is 0.254. The molecule has 106 valence electrons. The quantitative estimate of drug-likeness (QED) is 0.642. The minimum Gasteiger partial charge on any atom is -0.481 e. The first-order valence-corrected chi connectivity index (χ1v) is 7.41. The molecule has 0 radical (unpaired) electrons. The smallest absolute Gasteiger partial charge is 0.309 e. The molecule has 0 heterocycles. The zero-order valence-electron chi connectivity index (χ0n) is 12.2. The Balaban J connectivity index is 2.13. The second-order valence-electron chi connectivity index (χ2n) is 6.34. The minimum absolute atomic E-state index is 0.564. The van der Waals surface area contributed by atoms with Crippen molar-refractivity contribution >= 4 is 5.97 Å². The molecule has 18 heavy (non-hydrogen) atoms. The summed E-state index contributed by atoms with van der Waals surface area (Å²) >= 11 is 0. The van der Waals surface area contributed by atoms with Crippen LogP contribution in [0.2, 0.25) is 0 Å². The lowest BCUT2D eigenvalue weighted by Gasteiger charge is -2.32. The fourth-order valence-electron chi connectivity index (χ4n) is 2.43. The summed E-state index contributed by atoms with van der Waals surface area (Å²) < 4.78 is 0. The normalized spacial score (nSPS) is 16.9. The van der Waals surface area contributed by atoms with E-state index in [-0.39, 0.29) is 0 Å². The highest BCUT2D eigenvalue weighted by molar-refractivity contribution is 5.73. The van der Waals surface area contributed by atoms with Crippen molar-refractivity contribution in [3.63, 3.8) is 0 Å². The topological polar surface area (TPSA) is 40.5 Å². The molecule has 1 N–H and O–H groups in total. The molecule has 0 aromatic carbocycles. The van der Waals surface area contributed by atoms with E-state index in [9.17, 15) is 4.79 Å². The van der Waals surface area contributed by atoms with E-state index in [0.717, 1.165) is 38.3 Å². The predicted octanol–water partition coefficient (Wildman–Crippen LogP) is 3.39. The van der Waals surface area contributed by atoms with E-state index in [0.29, 0.717) is 0 Å². The van der Waals surface area contributed by atoms with Crippen LogP contribution in [-0.2, 0) is 4.79 Å². The van der Waals surface area contributed by atoms with Gasteiger partial charge in [0, 0.05) is 6.54 Å². The van der Waals surface area contributed by atoms with Crippen molar-refractivity contribution in [2.75, 3.05) is 19.6 Å². The summed E-state index contributed by atoms with van der Waals surface area (Å²) in [5.41, 5.74) is -0.564. The van der Waals surface area contributed by atoms with Crippen molar-refractivity contribution in [1.82, 2.24) is 4.90 Å². The maximum atomic E-state index is 11.0. The summed E-state index contributed by atoms with van der Waals surface area (Å²) in [5, 5.41) is 9.04.